The van der Waals surface area contributed by atoms with Gasteiger partial charge in [0.2, 0.25) is 11.5 Å². The van der Waals surface area contributed by atoms with Crippen LogP contribution in [0.1, 0.15) is 25.8 Å². The molecule has 1 heterocycles. The predicted octanol–water partition coefficient (Wildman–Crippen LogP) is 3.35. The van der Waals surface area contributed by atoms with Crippen molar-refractivity contribution in [2.45, 2.75) is 32.8 Å². The molecule has 1 aromatic carbocycles. The van der Waals surface area contributed by atoms with Crippen LogP contribution in [0, 0.1) is 0 Å². The molecule has 1 aromatic rings. The van der Waals surface area contributed by atoms with Crippen molar-refractivity contribution in [1.29, 1.82) is 0 Å². The normalized spacial score (nSPS) is 16.3. The Kier molecular flexibility index (Phi) is 5.55. The number of fused-ring (bicyclic) bond motifs is 1. The maximum atomic E-state index is 6.10. The van der Waals surface area contributed by atoms with Gasteiger partial charge < -0.3 is 23.7 Å². The van der Waals surface area contributed by atoms with E-state index in [0.29, 0.717) is 17.2 Å². The zero-order valence-electron chi connectivity index (χ0n) is 13.9. The molecule has 22 heavy (non-hydrogen) atoms. The highest BCUT2D eigenvalue weighted by atomic mass is 16.7. The van der Waals surface area contributed by atoms with Gasteiger partial charge in [0.25, 0.3) is 0 Å². The van der Waals surface area contributed by atoms with Crippen molar-refractivity contribution < 1.29 is 23.7 Å². The maximum absolute atomic E-state index is 6.10. The van der Waals surface area contributed by atoms with E-state index in [-0.39, 0.29) is 12.9 Å². The number of rotatable bonds is 6. The zero-order valence-corrected chi connectivity index (χ0v) is 13.9. The SMILES string of the molecule is COCOc1cc2c(c(OC)c1OC)OC(C=C(C)C)CC2. The van der Waals surface area contributed by atoms with Crippen LogP contribution in [0.2, 0.25) is 0 Å². The van der Waals surface area contributed by atoms with E-state index in [0.717, 1.165) is 24.2 Å². The van der Waals surface area contributed by atoms with Gasteiger partial charge in [0.15, 0.2) is 18.3 Å². The lowest BCUT2D eigenvalue weighted by molar-refractivity contribution is 0.0485. The zero-order chi connectivity index (χ0) is 16.1. The first-order valence-electron chi connectivity index (χ1n) is 7.32. The summed E-state index contributed by atoms with van der Waals surface area (Å²) in [5.41, 5.74) is 2.29. The fourth-order valence-corrected chi connectivity index (χ4v) is 2.57. The average Bonchev–Trinajstić information content (AvgIpc) is 2.50. The van der Waals surface area contributed by atoms with Gasteiger partial charge in [-0.15, -0.1) is 0 Å². The number of allylic oxidation sites excluding steroid dienone is 1. The minimum atomic E-state index is 0.0573. The van der Waals surface area contributed by atoms with E-state index in [2.05, 4.69) is 19.9 Å². The van der Waals surface area contributed by atoms with Crippen LogP contribution in [-0.2, 0) is 11.2 Å². The number of ether oxygens (including phenoxy) is 5. The molecule has 0 spiro atoms. The van der Waals surface area contributed by atoms with Crippen molar-refractivity contribution >= 4 is 0 Å². The average molecular weight is 308 g/mol. The second-order valence-electron chi connectivity index (χ2n) is 5.42. The molecule has 0 saturated carbocycles. The van der Waals surface area contributed by atoms with Gasteiger partial charge in [0, 0.05) is 12.7 Å². The van der Waals surface area contributed by atoms with E-state index in [1.165, 1.54) is 5.57 Å². The van der Waals surface area contributed by atoms with E-state index in [9.17, 15) is 0 Å². The molecule has 0 aromatic heterocycles. The van der Waals surface area contributed by atoms with Gasteiger partial charge in [0.05, 0.1) is 14.2 Å². The molecular formula is C17H24O5. The standard InChI is InChI=1S/C17H24O5/c1-11(2)8-13-7-6-12-9-14(21-10-18-3)16(19-4)17(20-5)15(12)22-13/h8-9,13H,6-7,10H2,1-5H3. The van der Waals surface area contributed by atoms with E-state index in [1.54, 1.807) is 21.3 Å². The number of aryl methyl sites for hydroxylation is 1. The largest absolute Gasteiger partial charge is 0.490 e. The molecule has 0 saturated heterocycles. The van der Waals surface area contributed by atoms with Crippen LogP contribution in [0.3, 0.4) is 0 Å². The Bertz CT molecular complexity index is 546. The summed E-state index contributed by atoms with van der Waals surface area (Å²) in [7, 11) is 4.77. The molecule has 1 atom stereocenters. The van der Waals surface area contributed by atoms with Gasteiger partial charge in [-0.05, 0) is 38.8 Å². The third-order valence-electron chi connectivity index (χ3n) is 3.46. The first-order chi connectivity index (χ1) is 10.6. The molecule has 1 unspecified atom stereocenters. The summed E-state index contributed by atoms with van der Waals surface area (Å²) in [5.74, 6) is 2.43. The van der Waals surface area contributed by atoms with Crippen LogP contribution in [0.4, 0.5) is 0 Å². The second-order valence-corrected chi connectivity index (χ2v) is 5.42. The third kappa shape index (κ3) is 3.47. The Labute approximate surface area is 131 Å². The highest BCUT2D eigenvalue weighted by Gasteiger charge is 2.27. The van der Waals surface area contributed by atoms with E-state index in [1.807, 2.05) is 6.07 Å². The lowest BCUT2D eigenvalue weighted by Crippen LogP contribution is -2.21. The topological polar surface area (TPSA) is 46.2 Å². The minimum absolute atomic E-state index is 0.0573. The van der Waals surface area contributed by atoms with Crippen molar-refractivity contribution in [3.8, 4) is 23.0 Å². The van der Waals surface area contributed by atoms with Crippen LogP contribution < -0.4 is 18.9 Å². The van der Waals surface area contributed by atoms with Crippen molar-refractivity contribution in [3.05, 3.63) is 23.3 Å². The molecule has 122 valence electrons. The molecule has 0 amide bonds. The Morgan fingerprint density at radius 3 is 2.55 bits per heavy atom. The van der Waals surface area contributed by atoms with Crippen molar-refractivity contribution in [2.24, 2.45) is 0 Å². The Morgan fingerprint density at radius 2 is 1.95 bits per heavy atom. The summed E-state index contributed by atoms with van der Waals surface area (Å²) in [6, 6.07) is 1.94. The van der Waals surface area contributed by atoms with Gasteiger partial charge in [-0.25, -0.2) is 0 Å². The second kappa shape index (κ2) is 7.40. The lowest BCUT2D eigenvalue weighted by atomic mass is 9.99. The fraction of sp³-hybridized carbons (Fsp3) is 0.529. The van der Waals surface area contributed by atoms with E-state index < -0.39 is 0 Å². The smallest absolute Gasteiger partial charge is 0.207 e. The highest BCUT2D eigenvalue weighted by Crippen LogP contribution is 2.49. The molecule has 0 fully saturated rings. The summed E-state index contributed by atoms with van der Waals surface area (Å²) >= 11 is 0. The van der Waals surface area contributed by atoms with Crippen molar-refractivity contribution in [1.82, 2.24) is 0 Å². The van der Waals surface area contributed by atoms with Crippen LogP contribution >= 0.6 is 0 Å². The molecule has 5 heteroatoms. The van der Waals surface area contributed by atoms with E-state index >= 15 is 0 Å². The number of methoxy groups -OCH3 is 3. The molecule has 1 aliphatic heterocycles. The van der Waals surface area contributed by atoms with Crippen molar-refractivity contribution in [3.63, 3.8) is 0 Å². The van der Waals surface area contributed by atoms with Crippen LogP contribution in [0.5, 0.6) is 23.0 Å². The van der Waals surface area contributed by atoms with Crippen molar-refractivity contribution in [2.75, 3.05) is 28.1 Å². The fourth-order valence-electron chi connectivity index (χ4n) is 2.57. The predicted molar refractivity (Wildman–Crippen MR) is 84.2 cm³/mol. The summed E-state index contributed by atoms with van der Waals surface area (Å²) in [5, 5.41) is 0. The summed E-state index contributed by atoms with van der Waals surface area (Å²) < 4.78 is 27.6. The van der Waals surface area contributed by atoms with Gasteiger partial charge in [0.1, 0.15) is 6.10 Å². The Hall–Kier alpha value is -1.88. The highest BCUT2D eigenvalue weighted by molar-refractivity contribution is 5.63. The number of benzene rings is 1. The number of hydrogen-bond donors (Lipinski definition) is 0. The molecule has 0 N–H and O–H groups in total. The monoisotopic (exact) mass is 308 g/mol. The summed E-state index contributed by atoms with van der Waals surface area (Å²) in [6.45, 7) is 4.29. The molecule has 0 aliphatic carbocycles. The maximum Gasteiger partial charge on any atom is 0.207 e. The third-order valence-corrected chi connectivity index (χ3v) is 3.46. The lowest BCUT2D eigenvalue weighted by Gasteiger charge is -2.27. The van der Waals surface area contributed by atoms with Gasteiger partial charge in [-0.1, -0.05) is 5.57 Å². The van der Waals surface area contributed by atoms with Crippen LogP contribution in [0.25, 0.3) is 0 Å². The molecule has 1 aliphatic rings. The van der Waals surface area contributed by atoms with Gasteiger partial charge in [-0.2, -0.15) is 0 Å². The Balaban J connectivity index is 2.41. The number of hydrogen-bond acceptors (Lipinski definition) is 5. The molecular weight excluding hydrogens is 284 g/mol. The summed E-state index contributed by atoms with van der Waals surface area (Å²) in [4.78, 5) is 0. The molecule has 0 bridgehead atoms. The minimum Gasteiger partial charge on any atom is -0.490 e. The molecule has 5 nitrogen and oxygen atoms in total. The Morgan fingerprint density at radius 1 is 1.23 bits per heavy atom. The first kappa shape index (κ1) is 16.5. The van der Waals surface area contributed by atoms with Crippen LogP contribution in [0.15, 0.2) is 17.7 Å². The van der Waals surface area contributed by atoms with Gasteiger partial charge >= 0.3 is 0 Å². The van der Waals surface area contributed by atoms with Gasteiger partial charge in [-0.3, -0.25) is 0 Å². The summed E-state index contributed by atoms with van der Waals surface area (Å²) in [6.07, 6.45) is 4.01. The van der Waals surface area contributed by atoms with E-state index in [4.69, 9.17) is 23.7 Å². The van der Waals surface area contributed by atoms with Crippen LogP contribution in [-0.4, -0.2) is 34.2 Å². The quantitative estimate of drug-likeness (QED) is 0.596. The molecule has 0 radical (unpaired) electrons. The molecule has 2 rings (SSSR count). The first-order valence-corrected chi connectivity index (χ1v) is 7.32.